The molecule has 0 aliphatic rings. The Labute approximate surface area is 96.1 Å². The fourth-order valence-electron chi connectivity index (χ4n) is 1.46. The third-order valence-electron chi connectivity index (χ3n) is 2.71. The monoisotopic (exact) mass is 222 g/mol. The van der Waals surface area contributed by atoms with Crippen LogP contribution in [0.15, 0.2) is 24.3 Å². The molecule has 1 N–H and O–H groups in total. The van der Waals surface area contributed by atoms with Crippen LogP contribution in [0.25, 0.3) is 0 Å². The van der Waals surface area contributed by atoms with Gasteiger partial charge in [0.25, 0.3) is 0 Å². The van der Waals surface area contributed by atoms with E-state index in [-0.39, 0.29) is 0 Å². The number of hydrogen-bond acceptors (Lipinski definition) is 2. The summed E-state index contributed by atoms with van der Waals surface area (Å²) >= 11 is 0. The van der Waals surface area contributed by atoms with E-state index in [4.69, 9.17) is 9.84 Å². The lowest BCUT2D eigenvalue weighted by Gasteiger charge is -2.17. The van der Waals surface area contributed by atoms with Crippen LogP contribution >= 0.6 is 0 Å². The van der Waals surface area contributed by atoms with Crippen LogP contribution in [0.2, 0.25) is 0 Å². The van der Waals surface area contributed by atoms with Crippen LogP contribution in [0.4, 0.5) is 0 Å². The van der Waals surface area contributed by atoms with Crippen molar-refractivity contribution in [2.24, 2.45) is 0 Å². The van der Waals surface area contributed by atoms with Gasteiger partial charge in [0, 0.05) is 0 Å². The molecule has 2 atom stereocenters. The molecular weight excluding hydrogens is 204 g/mol. The van der Waals surface area contributed by atoms with Crippen LogP contribution in [0.3, 0.4) is 0 Å². The Bertz CT molecular complexity index is 360. The van der Waals surface area contributed by atoms with Gasteiger partial charge in [-0.3, -0.25) is 0 Å². The maximum Gasteiger partial charge on any atom is 0.344 e. The largest absolute Gasteiger partial charge is 0.479 e. The molecule has 0 aromatic heterocycles. The molecule has 0 unspecified atom stereocenters. The summed E-state index contributed by atoms with van der Waals surface area (Å²) < 4.78 is 5.43. The van der Waals surface area contributed by atoms with Crippen molar-refractivity contribution < 1.29 is 14.6 Å². The second-order valence-corrected chi connectivity index (χ2v) is 3.95. The topological polar surface area (TPSA) is 46.5 Å². The molecule has 1 aromatic rings. The van der Waals surface area contributed by atoms with Gasteiger partial charge in [-0.1, -0.05) is 32.0 Å². The van der Waals surface area contributed by atoms with Gasteiger partial charge < -0.3 is 9.84 Å². The molecule has 0 heterocycles. The zero-order chi connectivity index (χ0) is 12.1. The van der Waals surface area contributed by atoms with Crippen LogP contribution in [-0.4, -0.2) is 17.2 Å². The summed E-state index contributed by atoms with van der Waals surface area (Å²) in [5.74, 6) is 0.0999. The van der Waals surface area contributed by atoms with E-state index in [1.165, 1.54) is 6.92 Å². The maximum atomic E-state index is 10.7. The van der Waals surface area contributed by atoms with Crippen molar-refractivity contribution in [3.8, 4) is 5.75 Å². The first-order valence-electron chi connectivity index (χ1n) is 5.54. The fourth-order valence-corrected chi connectivity index (χ4v) is 1.46. The molecule has 0 saturated carbocycles. The molecule has 0 radical (unpaired) electrons. The Kier molecular flexibility index (Phi) is 4.35. The molecule has 1 aromatic carbocycles. The summed E-state index contributed by atoms with van der Waals surface area (Å²) in [6, 6.07) is 7.61. The number of para-hydroxylation sites is 1. The minimum Gasteiger partial charge on any atom is -0.479 e. The van der Waals surface area contributed by atoms with Crippen molar-refractivity contribution in [2.75, 3.05) is 0 Å². The van der Waals surface area contributed by atoms with E-state index >= 15 is 0 Å². The third kappa shape index (κ3) is 2.99. The van der Waals surface area contributed by atoms with Crippen LogP contribution in [0.5, 0.6) is 5.75 Å². The van der Waals surface area contributed by atoms with Gasteiger partial charge in [0.2, 0.25) is 0 Å². The Balaban J connectivity index is 2.90. The fraction of sp³-hybridized carbons (Fsp3) is 0.462. The predicted octanol–water partition coefficient (Wildman–Crippen LogP) is 3.05. The van der Waals surface area contributed by atoms with Crippen LogP contribution in [0.1, 0.15) is 38.7 Å². The quantitative estimate of drug-likeness (QED) is 0.832. The first-order chi connectivity index (χ1) is 7.56. The average Bonchev–Trinajstić information content (AvgIpc) is 2.28. The lowest BCUT2D eigenvalue weighted by molar-refractivity contribution is -0.144. The molecule has 0 fully saturated rings. The summed E-state index contributed by atoms with van der Waals surface area (Å²) in [6.07, 6.45) is 0.187. The molecule has 0 saturated heterocycles. The van der Waals surface area contributed by atoms with E-state index < -0.39 is 12.1 Å². The van der Waals surface area contributed by atoms with Crippen molar-refractivity contribution >= 4 is 5.97 Å². The minimum absolute atomic E-state index is 0.372. The third-order valence-corrected chi connectivity index (χ3v) is 2.71. The maximum absolute atomic E-state index is 10.7. The molecule has 3 nitrogen and oxygen atoms in total. The normalized spacial score (nSPS) is 14.2. The number of rotatable bonds is 5. The van der Waals surface area contributed by atoms with E-state index in [2.05, 4.69) is 13.8 Å². The van der Waals surface area contributed by atoms with E-state index in [1.807, 2.05) is 24.3 Å². The van der Waals surface area contributed by atoms with E-state index in [1.54, 1.807) is 0 Å². The summed E-state index contributed by atoms with van der Waals surface area (Å²) in [4.78, 5) is 10.7. The molecular formula is C13H18O3. The van der Waals surface area contributed by atoms with Crippen molar-refractivity contribution in [3.05, 3.63) is 29.8 Å². The second kappa shape index (κ2) is 5.54. The molecule has 0 aliphatic heterocycles. The molecule has 0 spiro atoms. The summed E-state index contributed by atoms with van der Waals surface area (Å²) in [6.45, 7) is 5.74. The van der Waals surface area contributed by atoms with Crippen molar-refractivity contribution in [2.45, 2.75) is 39.2 Å². The minimum atomic E-state index is -0.945. The highest BCUT2D eigenvalue weighted by Crippen LogP contribution is 2.28. The Morgan fingerprint density at radius 3 is 2.56 bits per heavy atom. The Morgan fingerprint density at radius 1 is 1.38 bits per heavy atom. The Morgan fingerprint density at radius 2 is 2.00 bits per heavy atom. The van der Waals surface area contributed by atoms with E-state index in [0.29, 0.717) is 11.7 Å². The second-order valence-electron chi connectivity index (χ2n) is 3.95. The predicted molar refractivity (Wildman–Crippen MR) is 62.9 cm³/mol. The zero-order valence-corrected chi connectivity index (χ0v) is 9.93. The molecule has 0 bridgehead atoms. The Hall–Kier alpha value is -1.51. The van der Waals surface area contributed by atoms with Crippen LogP contribution < -0.4 is 4.74 Å². The first-order valence-corrected chi connectivity index (χ1v) is 5.54. The number of ether oxygens (including phenoxy) is 1. The van der Waals surface area contributed by atoms with Gasteiger partial charge in [-0.25, -0.2) is 4.79 Å². The first kappa shape index (κ1) is 12.6. The number of benzene rings is 1. The van der Waals surface area contributed by atoms with Gasteiger partial charge in [-0.2, -0.15) is 0 Å². The van der Waals surface area contributed by atoms with Crippen LogP contribution in [0, 0.1) is 0 Å². The van der Waals surface area contributed by atoms with Gasteiger partial charge in [-0.05, 0) is 30.9 Å². The molecule has 0 amide bonds. The van der Waals surface area contributed by atoms with Crippen molar-refractivity contribution in [3.63, 3.8) is 0 Å². The highest BCUT2D eigenvalue weighted by Gasteiger charge is 2.16. The van der Waals surface area contributed by atoms with Gasteiger partial charge in [0.05, 0.1) is 0 Å². The smallest absolute Gasteiger partial charge is 0.344 e. The standard InChI is InChI=1S/C13H18O3/c1-4-9(2)11-7-5-6-8-12(11)16-10(3)13(14)15/h5-10H,4H2,1-3H3,(H,14,15)/t9-,10-/m0/s1. The molecule has 0 aliphatic carbocycles. The molecule has 16 heavy (non-hydrogen) atoms. The highest BCUT2D eigenvalue weighted by atomic mass is 16.5. The average molecular weight is 222 g/mol. The van der Waals surface area contributed by atoms with Gasteiger partial charge in [-0.15, -0.1) is 0 Å². The molecule has 1 rings (SSSR count). The van der Waals surface area contributed by atoms with Gasteiger partial charge >= 0.3 is 5.97 Å². The van der Waals surface area contributed by atoms with E-state index in [9.17, 15) is 4.79 Å². The summed E-state index contributed by atoms with van der Waals surface area (Å²) in [5.41, 5.74) is 1.07. The molecule has 3 heteroatoms. The van der Waals surface area contributed by atoms with Crippen molar-refractivity contribution in [1.29, 1.82) is 0 Å². The number of aliphatic carboxylic acids is 1. The van der Waals surface area contributed by atoms with Crippen molar-refractivity contribution in [1.82, 2.24) is 0 Å². The number of hydrogen-bond donors (Lipinski definition) is 1. The van der Waals surface area contributed by atoms with Gasteiger partial charge in [0.15, 0.2) is 6.10 Å². The highest BCUT2D eigenvalue weighted by molar-refractivity contribution is 5.72. The van der Waals surface area contributed by atoms with E-state index in [0.717, 1.165) is 12.0 Å². The summed E-state index contributed by atoms with van der Waals surface area (Å²) in [5, 5.41) is 8.81. The molecule has 88 valence electrons. The lowest BCUT2D eigenvalue weighted by Crippen LogP contribution is -2.23. The summed E-state index contributed by atoms with van der Waals surface area (Å²) in [7, 11) is 0. The number of carboxylic acids is 1. The zero-order valence-electron chi connectivity index (χ0n) is 9.93. The SMILES string of the molecule is CC[C@H](C)c1ccccc1O[C@@H](C)C(=O)O. The number of carboxylic acid groups (broad SMARTS) is 1. The number of carbonyl (C=O) groups is 1. The lowest BCUT2D eigenvalue weighted by atomic mass is 9.98. The van der Waals surface area contributed by atoms with Gasteiger partial charge in [0.1, 0.15) is 5.75 Å². The van der Waals surface area contributed by atoms with Crippen LogP contribution in [-0.2, 0) is 4.79 Å².